The molecule has 0 saturated carbocycles. The first-order valence-electron chi connectivity index (χ1n) is 7.91. The fraction of sp³-hybridized carbons (Fsp3) is 0. The third-order valence-corrected chi connectivity index (χ3v) is 5.53. The van der Waals surface area contributed by atoms with E-state index in [0.29, 0.717) is 31.5 Å². The highest BCUT2D eigenvalue weighted by atomic mass is 35.5. The van der Waals surface area contributed by atoms with E-state index in [1.165, 1.54) is 23.1 Å². The number of thioether (sulfide) groups is 1. The minimum atomic E-state index is -0.430. The lowest BCUT2D eigenvalue weighted by Crippen LogP contribution is -2.27. The summed E-state index contributed by atoms with van der Waals surface area (Å²) in [5.41, 5.74) is 1.17. The third-order valence-electron chi connectivity index (χ3n) is 3.90. The van der Waals surface area contributed by atoms with Crippen LogP contribution in [0.25, 0.3) is 17.4 Å². The van der Waals surface area contributed by atoms with Crippen molar-refractivity contribution in [1.82, 2.24) is 0 Å². The minimum Gasteiger partial charge on any atom is -0.457 e. The van der Waals surface area contributed by atoms with Crippen LogP contribution in [-0.2, 0) is 4.79 Å². The summed E-state index contributed by atoms with van der Waals surface area (Å²) >= 11 is 12.6. The fourth-order valence-electron chi connectivity index (χ4n) is 2.67. The molecule has 2 aromatic carbocycles. The van der Waals surface area contributed by atoms with Crippen molar-refractivity contribution in [3.8, 4) is 11.3 Å². The van der Waals surface area contributed by atoms with Gasteiger partial charge in [0.1, 0.15) is 17.3 Å². The molecule has 7 heteroatoms. The van der Waals surface area contributed by atoms with Crippen molar-refractivity contribution >= 4 is 57.6 Å². The van der Waals surface area contributed by atoms with Gasteiger partial charge in [-0.05, 0) is 42.5 Å². The number of benzene rings is 2. The molecule has 4 rings (SSSR count). The van der Waals surface area contributed by atoms with Gasteiger partial charge in [-0.25, -0.2) is 4.39 Å². The first-order chi connectivity index (χ1) is 13.0. The molecule has 0 radical (unpaired) electrons. The van der Waals surface area contributed by atoms with Crippen LogP contribution in [0, 0.1) is 5.82 Å². The number of halogens is 2. The van der Waals surface area contributed by atoms with Crippen molar-refractivity contribution in [2.75, 3.05) is 4.90 Å². The Morgan fingerprint density at radius 2 is 1.93 bits per heavy atom. The van der Waals surface area contributed by atoms with Crippen molar-refractivity contribution < 1.29 is 13.6 Å². The van der Waals surface area contributed by atoms with Crippen molar-refractivity contribution in [2.45, 2.75) is 0 Å². The lowest BCUT2D eigenvalue weighted by atomic mass is 10.2. The van der Waals surface area contributed by atoms with E-state index in [2.05, 4.69) is 0 Å². The van der Waals surface area contributed by atoms with Gasteiger partial charge >= 0.3 is 0 Å². The second kappa shape index (κ2) is 7.31. The van der Waals surface area contributed by atoms with E-state index >= 15 is 0 Å². The van der Waals surface area contributed by atoms with Gasteiger partial charge in [0, 0.05) is 11.6 Å². The van der Waals surface area contributed by atoms with Crippen LogP contribution in [0.3, 0.4) is 0 Å². The molecule has 1 amide bonds. The number of amides is 1. The monoisotopic (exact) mass is 415 g/mol. The molecule has 1 aliphatic heterocycles. The Balaban J connectivity index is 1.63. The van der Waals surface area contributed by atoms with Crippen LogP contribution < -0.4 is 4.90 Å². The van der Waals surface area contributed by atoms with Gasteiger partial charge in [0.25, 0.3) is 5.91 Å². The average Bonchev–Trinajstić information content (AvgIpc) is 3.20. The summed E-state index contributed by atoms with van der Waals surface area (Å²) in [7, 11) is 0. The zero-order valence-corrected chi connectivity index (χ0v) is 16.1. The minimum absolute atomic E-state index is 0.314. The first-order valence-corrected chi connectivity index (χ1v) is 9.51. The van der Waals surface area contributed by atoms with E-state index in [-0.39, 0.29) is 5.91 Å². The molecule has 27 heavy (non-hydrogen) atoms. The van der Waals surface area contributed by atoms with E-state index in [1.807, 2.05) is 18.2 Å². The summed E-state index contributed by atoms with van der Waals surface area (Å²) in [5, 5.41) is 0.579. The van der Waals surface area contributed by atoms with Crippen molar-refractivity contribution in [2.24, 2.45) is 0 Å². The molecule has 0 unspecified atom stereocenters. The second-order valence-corrected chi connectivity index (χ2v) is 7.76. The fourth-order valence-corrected chi connectivity index (χ4v) is 4.18. The molecule has 0 aliphatic carbocycles. The molecule has 1 fully saturated rings. The van der Waals surface area contributed by atoms with Crippen molar-refractivity contribution in [3.63, 3.8) is 0 Å². The van der Waals surface area contributed by atoms with Gasteiger partial charge in [0.15, 0.2) is 4.32 Å². The highest BCUT2D eigenvalue weighted by Crippen LogP contribution is 2.37. The van der Waals surface area contributed by atoms with Crippen LogP contribution >= 0.6 is 35.6 Å². The molecular formula is C20H11ClFNO2S2. The van der Waals surface area contributed by atoms with E-state index < -0.39 is 5.82 Å². The summed E-state index contributed by atoms with van der Waals surface area (Å²) in [4.78, 5) is 14.4. The predicted molar refractivity (Wildman–Crippen MR) is 111 cm³/mol. The summed E-state index contributed by atoms with van der Waals surface area (Å²) < 4.78 is 19.6. The molecule has 1 aliphatic rings. The SMILES string of the molecule is O=C1C(=Cc2ccc(-c3ccccc3Cl)o2)SC(=S)N1c1cccc(F)c1. The zero-order valence-electron chi connectivity index (χ0n) is 13.7. The van der Waals surface area contributed by atoms with Gasteiger partial charge in [-0.15, -0.1) is 0 Å². The Labute approximate surface area is 169 Å². The number of hydrogen-bond acceptors (Lipinski definition) is 4. The topological polar surface area (TPSA) is 33.5 Å². The van der Waals surface area contributed by atoms with Crippen LogP contribution in [0.4, 0.5) is 10.1 Å². The molecule has 3 aromatic rings. The van der Waals surface area contributed by atoms with Gasteiger partial charge in [-0.1, -0.05) is 53.8 Å². The van der Waals surface area contributed by atoms with Crippen molar-refractivity contribution in [3.05, 3.63) is 82.2 Å². The third kappa shape index (κ3) is 3.56. The van der Waals surface area contributed by atoms with Crippen LogP contribution in [0.2, 0.25) is 5.02 Å². The van der Waals surface area contributed by atoms with Crippen molar-refractivity contribution in [1.29, 1.82) is 0 Å². The lowest BCUT2D eigenvalue weighted by Gasteiger charge is -2.14. The molecule has 1 aromatic heterocycles. The standard InChI is InChI=1S/C20H11ClFNO2S2/c21-16-7-2-1-6-15(16)17-9-8-14(25-17)11-18-19(24)23(20(26)27-18)13-5-3-4-12(22)10-13/h1-11H. The Morgan fingerprint density at radius 1 is 1.11 bits per heavy atom. The smallest absolute Gasteiger partial charge is 0.270 e. The van der Waals surface area contributed by atoms with Gasteiger partial charge < -0.3 is 4.42 Å². The molecule has 0 N–H and O–H groups in total. The maximum absolute atomic E-state index is 13.5. The number of nitrogens with zero attached hydrogens (tertiary/aromatic N) is 1. The van der Waals surface area contributed by atoms with E-state index in [0.717, 1.165) is 17.3 Å². The number of hydrogen-bond donors (Lipinski definition) is 0. The van der Waals surface area contributed by atoms with E-state index in [1.54, 1.807) is 30.3 Å². The quantitative estimate of drug-likeness (QED) is 0.379. The largest absolute Gasteiger partial charge is 0.457 e. The second-order valence-electron chi connectivity index (χ2n) is 5.68. The Hall–Kier alpha value is -2.41. The molecule has 3 nitrogen and oxygen atoms in total. The Bertz CT molecular complexity index is 1090. The molecule has 2 heterocycles. The summed E-state index contributed by atoms with van der Waals surface area (Å²) in [6.07, 6.45) is 1.62. The number of anilines is 1. The number of thiocarbonyl (C=S) groups is 1. The number of carbonyl (C=O) groups is 1. The van der Waals surface area contributed by atoms with Crippen LogP contribution in [0.15, 0.2) is 70.0 Å². The normalized spacial score (nSPS) is 15.8. The number of carbonyl (C=O) groups excluding carboxylic acids is 1. The molecule has 1 saturated heterocycles. The molecule has 0 bridgehead atoms. The number of furan rings is 1. The Morgan fingerprint density at radius 3 is 2.70 bits per heavy atom. The summed E-state index contributed by atoms with van der Waals surface area (Å²) in [5.74, 6) is 0.365. The van der Waals surface area contributed by atoms with Gasteiger partial charge in [0.05, 0.1) is 15.6 Å². The Kier molecular flexibility index (Phi) is 4.86. The van der Waals surface area contributed by atoms with E-state index in [9.17, 15) is 9.18 Å². The van der Waals surface area contributed by atoms with Gasteiger partial charge in [-0.3, -0.25) is 9.69 Å². The molecular weight excluding hydrogens is 405 g/mol. The highest BCUT2D eigenvalue weighted by molar-refractivity contribution is 8.27. The van der Waals surface area contributed by atoms with Crippen LogP contribution in [0.5, 0.6) is 0 Å². The van der Waals surface area contributed by atoms with Crippen LogP contribution in [-0.4, -0.2) is 10.2 Å². The van der Waals surface area contributed by atoms with Gasteiger partial charge in [0.2, 0.25) is 0 Å². The molecule has 0 spiro atoms. The first kappa shape index (κ1) is 18.0. The maximum Gasteiger partial charge on any atom is 0.270 e. The highest BCUT2D eigenvalue weighted by Gasteiger charge is 2.33. The van der Waals surface area contributed by atoms with E-state index in [4.69, 9.17) is 28.2 Å². The summed E-state index contributed by atoms with van der Waals surface area (Å²) in [6, 6.07) is 16.7. The number of rotatable bonds is 3. The maximum atomic E-state index is 13.5. The lowest BCUT2D eigenvalue weighted by molar-refractivity contribution is -0.113. The molecule has 134 valence electrons. The summed E-state index contributed by atoms with van der Waals surface area (Å²) in [6.45, 7) is 0. The molecule has 0 atom stereocenters. The zero-order chi connectivity index (χ0) is 19.0. The van der Waals surface area contributed by atoms with Gasteiger partial charge in [-0.2, -0.15) is 0 Å². The van der Waals surface area contributed by atoms with Crippen LogP contribution in [0.1, 0.15) is 5.76 Å². The predicted octanol–water partition coefficient (Wildman–Crippen LogP) is 6.14. The average molecular weight is 416 g/mol.